The van der Waals surface area contributed by atoms with Gasteiger partial charge in [-0.25, -0.2) is 9.37 Å². The fourth-order valence-corrected chi connectivity index (χ4v) is 2.18. The fraction of sp³-hybridized carbons (Fsp3) is 0.267. The summed E-state index contributed by atoms with van der Waals surface area (Å²) in [6.45, 7) is 4.13. The number of rotatable bonds is 5. The molecule has 2 rings (SSSR count). The summed E-state index contributed by atoms with van der Waals surface area (Å²) in [5.41, 5.74) is 5.18. The van der Waals surface area contributed by atoms with Gasteiger partial charge in [0.25, 0.3) is 5.91 Å². The number of hydrogen-bond acceptors (Lipinski definition) is 4. The number of carbonyl (C=O) groups excluding carboxylic acids is 1. The van der Waals surface area contributed by atoms with E-state index in [0.29, 0.717) is 17.9 Å². The molecule has 3 N–H and O–H groups in total. The second-order valence-electron chi connectivity index (χ2n) is 5.49. The zero-order valence-corrected chi connectivity index (χ0v) is 13.0. The van der Waals surface area contributed by atoms with E-state index in [4.69, 9.17) is 17.3 Å². The number of primary amides is 1. The third kappa shape index (κ3) is 3.51. The average molecular weight is 323 g/mol. The molecule has 0 unspecified atom stereocenters. The molecule has 0 bridgehead atoms. The van der Waals surface area contributed by atoms with Crippen LogP contribution in [0.1, 0.15) is 29.9 Å². The molecule has 7 heteroatoms. The van der Waals surface area contributed by atoms with Gasteiger partial charge >= 0.3 is 0 Å². The third-order valence-electron chi connectivity index (χ3n) is 3.28. The number of carbonyl (C=O) groups is 1. The lowest BCUT2D eigenvalue weighted by Crippen LogP contribution is -2.29. The van der Waals surface area contributed by atoms with Crippen molar-refractivity contribution < 1.29 is 9.18 Å². The molecule has 1 aromatic heterocycles. The number of amides is 1. The van der Waals surface area contributed by atoms with Gasteiger partial charge in [-0.05, 0) is 11.6 Å². The summed E-state index contributed by atoms with van der Waals surface area (Å²) in [5, 5.41) is 3.12. The SMILES string of the molecule is CC(C)(CNc1cncc(C(N)=O)n1)c1cccc(Cl)c1F. The van der Waals surface area contributed by atoms with Crippen LogP contribution in [-0.2, 0) is 5.41 Å². The van der Waals surface area contributed by atoms with Gasteiger partial charge in [-0.15, -0.1) is 0 Å². The minimum atomic E-state index is -0.656. The Morgan fingerprint density at radius 3 is 2.82 bits per heavy atom. The molecule has 1 aromatic carbocycles. The summed E-state index contributed by atoms with van der Waals surface area (Å²) in [4.78, 5) is 19.0. The summed E-state index contributed by atoms with van der Waals surface area (Å²) in [6.07, 6.45) is 2.76. The highest BCUT2D eigenvalue weighted by Crippen LogP contribution is 2.29. The van der Waals surface area contributed by atoms with Crippen LogP contribution in [0.2, 0.25) is 5.02 Å². The molecule has 0 spiro atoms. The summed E-state index contributed by atoms with van der Waals surface area (Å²) in [6, 6.07) is 4.90. The molecule has 5 nitrogen and oxygen atoms in total. The minimum absolute atomic E-state index is 0.0664. The Morgan fingerprint density at radius 2 is 2.14 bits per heavy atom. The Bertz CT molecular complexity index is 706. The smallest absolute Gasteiger partial charge is 0.268 e. The molecule has 0 saturated heterocycles. The van der Waals surface area contributed by atoms with E-state index in [0.717, 1.165) is 0 Å². The lowest BCUT2D eigenvalue weighted by atomic mass is 9.84. The lowest BCUT2D eigenvalue weighted by molar-refractivity contribution is 0.0995. The minimum Gasteiger partial charge on any atom is -0.368 e. The molecule has 0 aliphatic heterocycles. The molecule has 1 heterocycles. The van der Waals surface area contributed by atoms with E-state index in [9.17, 15) is 9.18 Å². The van der Waals surface area contributed by atoms with E-state index in [2.05, 4.69) is 15.3 Å². The monoisotopic (exact) mass is 322 g/mol. The van der Waals surface area contributed by atoms with Crippen molar-refractivity contribution in [2.75, 3.05) is 11.9 Å². The molecular weight excluding hydrogens is 307 g/mol. The number of hydrogen-bond donors (Lipinski definition) is 2. The van der Waals surface area contributed by atoms with Crippen LogP contribution in [0.5, 0.6) is 0 Å². The molecule has 116 valence electrons. The molecule has 0 radical (unpaired) electrons. The molecule has 22 heavy (non-hydrogen) atoms. The second kappa shape index (κ2) is 6.27. The quantitative estimate of drug-likeness (QED) is 0.887. The highest BCUT2D eigenvalue weighted by Gasteiger charge is 2.25. The molecule has 0 saturated carbocycles. The molecule has 0 atom stereocenters. The summed E-state index contributed by atoms with van der Waals surface area (Å²) < 4.78 is 14.1. The zero-order chi connectivity index (χ0) is 16.3. The standard InChI is InChI=1S/C15H16ClFN4O/c1-15(2,9-4-3-5-10(16)13(9)17)8-20-12-7-19-6-11(21-12)14(18)22/h3-7H,8H2,1-2H3,(H2,18,22)(H,20,21). The van der Waals surface area contributed by atoms with Crippen molar-refractivity contribution in [3.8, 4) is 0 Å². The second-order valence-corrected chi connectivity index (χ2v) is 5.90. The Labute approximate surface area is 132 Å². The number of nitrogens with zero attached hydrogens (tertiary/aromatic N) is 2. The van der Waals surface area contributed by atoms with Crippen LogP contribution in [0.3, 0.4) is 0 Å². The molecule has 2 aromatic rings. The number of anilines is 1. The van der Waals surface area contributed by atoms with E-state index in [1.165, 1.54) is 18.5 Å². The van der Waals surface area contributed by atoms with Crippen molar-refractivity contribution in [1.82, 2.24) is 9.97 Å². The van der Waals surface area contributed by atoms with Crippen LogP contribution in [0, 0.1) is 5.82 Å². The molecule has 0 fully saturated rings. The van der Waals surface area contributed by atoms with Crippen LogP contribution in [0.4, 0.5) is 10.2 Å². The van der Waals surface area contributed by atoms with Crippen molar-refractivity contribution in [2.24, 2.45) is 5.73 Å². The highest BCUT2D eigenvalue weighted by molar-refractivity contribution is 6.30. The third-order valence-corrected chi connectivity index (χ3v) is 3.57. The van der Waals surface area contributed by atoms with Gasteiger partial charge in [-0.1, -0.05) is 37.6 Å². The number of nitrogens with one attached hydrogen (secondary N) is 1. The summed E-state index contributed by atoms with van der Waals surface area (Å²) >= 11 is 5.82. The molecular formula is C15H16ClFN4O. The maximum Gasteiger partial charge on any atom is 0.268 e. The molecule has 0 aliphatic rings. The van der Waals surface area contributed by atoms with Crippen molar-refractivity contribution in [3.05, 3.63) is 52.7 Å². The maximum absolute atomic E-state index is 14.1. The lowest BCUT2D eigenvalue weighted by Gasteiger charge is -2.26. The normalized spacial score (nSPS) is 11.3. The van der Waals surface area contributed by atoms with Gasteiger partial charge < -0.3 is 11.1 Å². The zero-order valence-electron chi connectivity index (χ0n) is 12.2. The first-order valence-electron chi connectivity index (χ1n) is 6.61. The van der Waals surface area contributed by atoms with Gasteiger partial charge in [0, 0.05) is 12.0 Å². The van der Waals surface area contributed by atoms with Crippen molar-refractivity contribution in [1.29, 1.82) is 0 Å². The largest absolute Gasteiger partial charge is 0.368 e. The van der Waals surface area contributed by atoms with Crippen LogP contribution < -0.4 is 11.1 Å². The van der Waals surface area contributed by atoms with Crippen molar-refractivity contribution >= 4 is 23.3 Å². The van der Waals surface area contributed by atoms with E-state index in [1.54, 1.807) is 12.1 Å². The number of halogens is 2. The van der Waals surface area contributed by atoms with Crippen LogP contribution in [0.15, 0.2) is 30.6 Å². The van der Waals surface area contributed by atoms with E-state index < -0.39 is 17.1 Å². The summed E-state index contributed by atoms with van der Waals surface area (Å²) in [7, 11) is 0. The van der Waals surface area contributed by atoms with Gasteiger partial charge in [0.2, 0.25) is 0 Å². The van der Waals surface area contributed by atoms with E-state index in [1.807, 2.05) is 13.8 Å². The highest BCUT2D eigenvalue weighted by atomic mass is 35.5. The van der Waals surface area contributed by atoms with Gasteiger partial charge in [0.1, 0.15) is 17.3 Å². The first kappa shape index (κ1) is 16.2. The topological polar surface area (TPSA) is 80.9 Å². The van der Waals surface area contributed by atoms with E-state index in [-0.39, 0.29) is 10.7 Å². The van der Waals surface area contributed by atoms with E-state index >= 15 is 0 Å². The van der Waals surface area contributed by atoms with Crippen molar-refractivity contribution in [3.63, 3.8) is 0 Å². The Balaban J connectivity index is 2.17. The number of nitrogens with two attached hydrogens (primary N) is 1. The van der Waals surface area contributed by atoms with Gasteiger partial charge in [-0.2, -0.15) is 0 Å². The first-order chi connectivity index (χ1) is 10.3. The van der Waals surface area contributed by atoms with Crippen LogP contribution in [-0.4, -0.2) is 22.4 Å². The predicted octanol–water partition coefficient (Wildman–Crippen LogP) is 2.76. The van der Waals surface area contributed by atoms with Crippen LogP contribution in [0.25, 0.3) is 0 Å². The molecule has 0 aliphatic carbocycles. The van der Waals surface area contributed by atoms with Gasteiger partial charge in [0.15, 0.2) is 0 Å². The number of aromatic nitrogens is 2. The Morgan fingerprint density at radius 1 is 1.41 bits per heavy atom. The molecule has 1 amide bonds. The van der Waals surface area contributed by atoms with Crippen molar-refractivity contribution in [2.45, 2.75) is 19.3 Å². The number of benzene rings is 1. The fourth-order valence-electron chi connectivity index (χ4n) is 2.00. The van der Waals surface area contributed by atoms with Crippen LogP contribution >= 0.6 is 11.6 Å². The first-order valence-corrected chi connectivity index (χ1v) is 6.99. The predicted molar refractivity (Wildman–Crippen MR) is 83.5 cm³/mol. The summed E-state index contributed by atoms with van der Waals surface area (Å²) in [5.74, 6) is -0.698. The average Bonchev–Trinajstić information content (AvgIpc) is 2.48. The maximum atomic E-state index is 14.1. The van der Waals surface area contributed by atoms with Gasteiger partial charge in [-0.3, -0.25) is 9.78 Å². The van der Waals surface area contributed by atoms with Gasteiger partial charge in [0.05, 0.1) is 17.4 Å². The Kier molecular flexibility index (Phi) is 4.61. The Hall–Kier alpha value is -2.21.